The van der Waals surface area contributed by atoms with Crippen molar-refractivity contribution in [2.75, 3.05) is 5.73 Å². The third kappa shape index (κ3) is 2.76. The van der Waals surface area contributed by atoms with E-state index >= 15 is 0 Å². The number of hydrogen-bond acceptors (Lipinski definition) is 2. The molecule has 0 aromatic heterocycles. The summed E-state index contributed by atoms with van der Waals surface area (Å²) >= 11 is 0. The number of nitrogens with two attached hydrogens (primary N) is 1. The first-order chi connectivity index (χ1) is 5.20. The summed E-state index contributed by atoms with van der Waals surface area (Å²) in [6, 6.07) is 5.13. The van der Waals surface area contributed by atoms with Crippen LogP contribution in [0.2, 0.25) is 0 Å². The van der Waals surface area contributed by atoms with Crippen molar-refractivity contribution >= 4 is 5.69 Å². The number of nitrogen functional groups attached to an aromatic ring is 1. The second-order valence-corrected chi connectivity index (χ2v) is 2.06. The molecule has 60 valence electrons. The van der Waals surface area contributed by atoms with Gasteiger partial charge in [0.1, 0.15) is 5.75 Å². The molecule has 1 rings (SSSR count). The van der Waals surface area contributed by atoms with Crippen molar-refractivity contribution in [3.8, 4) is 5.75 Å². The molecule has 0 saturated carbocycles. The second kappa shape index (κ2) is 4.39. The van der Waals surface area contributed by atoms with Gasteiger partial charge < -0.3 is 10.8 Å². The van der Waals surface area contributed by atoms with Crippen LogP contribution in [0.15, 0.2) is 31.4 Å². The number of anilines is 1. The van der Waals surface area contributed by atoms with Crippen molar-refractivity contribution in [1.29, 1.82) is 0 Å². The summed E-state index contributed by atoms with van der Waals surface area (Å²) in [7, 11) is 0. The van der Waals surface area contributed by atoms with Gasteiger partial charge in [0.05, 0.1) is 5.69 Å². The molecular formula is C9H13NO. The zero-order valence-electron chi connectivity index (χ0n) is 6.67. The number of aromatic hydroxyl groups is 1. The fraction of sp³-hybridized carbons (Fsp3) is 0.111. The summed E-state index contributed by atoms with van der Waals surface area (Å²) in [6.45, 7) is 7.93. The highest BCUT2D eigenvalue weighted by molar-refractivity contribution is 5.52. The molecule has 0 bridgehead atoms. The van der Waals surface area contributed by atoms with E-state index in [1.807, 2.05) is 13.0 Å². The molecule has 2 nitrogen and oxygen atoms in total. The molecule has 0 spiro atoms. The van der Waals surface area contributed by atoms with E-state index in [-0.39, 0.29) is 5.75 Å². The van der Waals surface area contributed by atoms with Gasteiger partial charge in [-0.2, -0.15) is 0 Å². The second-order valence-electron chi connectivity index (χ2n) is 2.06. The van der Waals surface area contributed by atoms with Crippen LogP contribution in [0.25, 0.3) is 0 Å². The fourth-order valence-corrected chi connectivity index (χ4v) is 0.674. The van der Waals surface area contributed by atoms with E-state index < -0.39 is 0 Å². The van der Waals surface area contributed by atoms with Crippen molar-refractivity contribution in [2.45, 2.75) is 6.92 Å². The lowest BCUT2D eigenvalue weighted by molar-refractivity contribution is 0.478. The van der Waals surface area contributed by atoms with Crippen LogP contribution in [0.4, 0.5) is 5.69 Å². The Balaban J connectivity index is 0.000000461. The first-order valence-corrected chi connectivity index (χ1v) is 3.25. The van der Waals surface area contributed by atoms with Crippen LogP contribution in [0.5, 0.6) is 5.75 Å². The van der Waals surface area contributed by atoms with E-state index in [2.05, 4.69) is 13.2 Å². The molecule has 0 heterocycles. The third-order valence-electron chi connectivity index (χ3n) is 1.18. The molecule has 1 aromatic carbocycles. The van der Waals surface area contributed by atoms with Crippen LogP contribution in [0.1, 0.15) is 5.56 Å². The number of phenols is 1. The minimum atomic E-state index is 0.153. The van der Waals surface area contributed by atoms with Gasteiger partial charge in [0.2, 0.25) is 0 Å². The average Bonchev–Trinajstić information content (AvgIpc) is 2.02. The summed E-state index contributed by atoms with van der Waals surface area (Å²) in [5.41, 5.74) is 6.87. The maximum absolute atomic E-state index is 8.92. The maximum atomic E-state index is 8.92. The predicted octanol–water partition coefficient (Wildman–Crippen LogP) is 2.09. The van der Waals surface area contributed by atoms with Crippen molar-refractivity contribution in [2.24, 2.45) is 0 Å². The minimum absolute atomic E-state index is 0.153. The normalized spacial score (nSPS) is 8.09. The SMILES string of the molecule is C=C.Cc1ccc(O)c(N)c1. The molecule has 3 N–H and O–H groups in total. The quantitative estimate of drug-likeness (QED) is 0.339. The van der Waals surface area contributed by atoms with Crippen LogP contribution in [0.3, 0.4) is 0 Å². The van der Waals surface area contributed by atoms with Crippen LogP contribution in [0, 0.1) is 6.92 Å². The standard InChI is InChI=1S/C7H9NO.C2H4/c1-5-2-3-7(9)6(8)4-5;1-2/h2-4,9H,8H2,1H3;1-2H2. The molecule has 11 heavy (non-hydrogen) atoms. The highest BCUT2D eigenvalue weighted by Crippen LogP contribution is 2.19. The van der Waals surface area contributed by atoms with Crippen LogP contribution >= 0.6 is 0 Å². The number of hydrogen-bond donors (Lipinski definition) is 2. The van der Waals surface area contributed by atoms with Gasteiger partial charge in [-0.3, -0.25) is 0 Å². The molecule has 0 aliphatic carbocycles. The fourth-order valence-electron chi connectivity index (χ4n) is 0.674. The number of aryl methyl sites for hydroxylation is 1. The van der Waals surface area contributed by atoms with E-state index in [4.69, 9.17) is 10.8 Å². The molecular weight excluding hydrogens is 138 g/mol. The molecule has 0 aliphatic rings. The lowest BCUT2D eigenvalue weighted by Gasteiger charge is -1.97. The zero-order valence-corrected chi connectivity index (χ0v) is 6.67. The summed E-state index contributed by atoms with van der Waals surface area (Å²) in [6.07, 6.45) is 0. The van der Waals surface area contributed by atoms with Crippen LogP contribution < -0.4 is 5.73 Å². The number of benzene rings is 1. The van der Waals surface area contributed by atoms with E-state index in [0.717, 1.165) is 5.56 Å². The van der Waals surface area contributed by atoms with Crippen LogP contribution in [-0.2, 0) is 0 Å². The van der Waals surface area contributed by atoms with Crippen molar-refractivity contribution in [3.63, 3.8) is 0 Å². The average molecular weight is 151 g/mol. The van der Waals surface area contributed by atoms with Gasteiger partial charge in [-0.05, 0) is 24.6 Å². The Morgan fingerprint density at radius 1 is 1.36 bits per heavy atom. The molecule has 0 radical (unpaired) electrons. The van der Waals surface area contributed by atoms with E-state index in [9.17, 15) is 0 Å². The first kappa shape index (κ1) is 9.56. The van der Waals surface area contributed by atoms with Gasteiger partial charge in [0.15, 0.2) is 0 Å². The lowest BCUT2D eigenvalue weighted by Crippen LogP contribution is -1.85. The van der Waals surface area contributed by atoms with E-state index in [1.54, 1.807) is 12.1 Å². The van der Waals surface area contributed by atoms with E-state index in [0.29, 0.717) is 5.69 Å². The summed E-state index contributed by atoms with van der Waals surface area (Å²) in [4.78, 5) is 0. The highest BCUT2D eigenvalue weighted by Gasteiger charge is 1.92. The van der Waals surface area contributed by atoms with Gasteiger partial charge in [-0.1, -0.05) is 6.07 Å². The van der Waals surface area contributed by atoms with Crippen molar-refractivity contribution < 1.29 is 5.11 Å². The summed E-state index contributed by atoms with van der Waals surface area (Å²) in [5.74, 6) is 0.153. The Labute approximate surface area is 67.0 Å². The molecule has 0 unspecified atom stereocenters. The molecule has 0 atom stereocenters. The number of rotatable bonds is 0. The smallest absolute Gasteiger partial charge is 0.138 e. The van der Waals surface area contributed by atoms with Crippen LogP contribution in [-0.4, -0.2) is 5.11 Å². The summed E-state index contributed by atoms with van der Waals surface area (Å²) in [5, 5.41) is 8.92. The Hall–Kier alpha value is -1.44. The van der Waals surface area contributed by atoms with Crippen molar-refractivity contribution in [1.82, 2.24) is 0 Å². The van der Waals surface area contributed by atoms with Crippen molar-refractivity contribution in [3.05, 3.63) is 36.9 Å². The summed E-state index contributed by atoms with van der Waals surface area (Å²) < 4.78 is 0. The monoisotopic (exact) mass is 151 g/mol. The Kier molecular flexibility index (Phi) is 3.81. The molecule has 0 amide bonds. The topological polar surface area (TPSA) is 46.2 Å². The molecule has 0 aliphatic heterocycles. The predicted molar refractivity (Wildman–Crippen MR) is 48.5 cm³/mol. The first-order valence-electron chi connectivity index (χ1n) is 3.25. The Bertz CT molecular complexity index is 233. The zero-order chi connectivity index (χ0) is 8.85. The number of phenolic OH excluding ortho intramolecular Hbond substituents is 1. The van der Waals surface area contributed by atoms with E-state index in [1.165, 1.54) is 0 Å². The third-order valence-corrected chi connectivity index (χ3v) is 1.18. The highest BCUT2D eigenvalue weighted by atomic mass is 16.3. The molecule has 0 fully saturated rings. The van der Waals surface area contributed by atoms with Gasteiger partial charge >= 0.3 is 0 Å². The van der Waals surface area contributed by atoms with Gasteiger partial charge in [0.25, 0.3) is 0 Å². The minimum Gasteiger partial charge on any atom is -0.506 e. The largest absolute Gasteiger partial charge is 0.506 e. The Morgan fingerprint density at radius 2 is 1.91 bits per heavy atom. The maximum Gasteiger partial charge on any atom is 0.138 e. The van der Waals surface area contributed by atoms with Gasteiger partial charge in [0, 0.05) is 0 Å². The molecule has 1 aromatic rings. The van der Waals surface area contributed by atoms with Gasteiger partial charge in [-0.15, -0.1) is 13.2 Å². The molecule has 0 saturated heterocycles. The molecule has 2 heteroatoms. The van der Waals surface area contributed by atoms with Gasteiger partial charge in [-0.25, -0.2) is 0 Å². The lowest BCUT2D eigenvalue weighted by atomic mass is 10.2. The Morgan fingerprint density at radius 3 is 2.27 bits per heavy atom.